The van der Waals surface area contributed by atoms with E-state index >= 15 is 0 Å². The number of anilines is 3. The number of aliphatic hydroxyl groups excluding tert-OH is 1. The smallest absolute Gasteiger partial charge is 0.181 e. The first-order valence-electron chi connectivity index (χ1n) is 11.8. The first kappa shape index (κ1) is 30.8. The lowest BCUT2D eigenvalue weighted by atomic mass is 10.1. The van der Waals surface area contributed by atoms with E-state index in [0.29, 0.717) is 11.7 Å². The Morgan fingerprint density at radius 3 is 1.57 bits per heavy atom. The zero-order valence-electron chi connectivity index (χ0n) is 22.6. The van der Waals surface area contributed by atoms with Crippen LogP contribution in [-0.2, 0) is 4.74 Å². The second kappa shape index (κ2) is 14.5. The van der Waals surface area contributed by atoms with E-state index in [-0.39, 0.29) is 6.61 Å². The summed E-state index contributed by atoms with van der Waals surface area (Å²) in [6.45, 7) is 13.0. The van der Waals surface area contributed by atoms with Gasteiger partial charge in [0.2, 0.25) is 0 Å². The molecule has 3 aromatic carbocycles. The van der Waals surface area contributed by atoms with Crippen LogP contribution in [0.15, 0.2) is 46.2 Å². The lowest BCUT2D eigenvalue weighted by Crippen LogP contribution is -1.96. The van der Waals surface area contributed by atoms with Crippen molar-refractivity contribution in [1.29, 1.82) is 0 Å². The van der Waals surface area contributed by atoms with Gasteiger partial charge in [-0.05, 0) is 74.9 Å². The summed E-state index contributed by atoms with van der Waals surface area (Å²) in [6.07, 6.45) is 0. The molecule has 0 saturated heterocycles. The van der Waals surface area contributed by atoms with E-state index in [9.17, 15) is 0 Å². The SMILES string of the molecule is COCCO.Cc1ccc(C)c(SSc2c(C)ccc(C)c2N)c1N.Cc1ccc(C)c2sc(N)nc12. The lowest BCUT2D eigenvalue weighted by Gasteiger charge is -2.14. The molecule has 0 aliphatic rings. The Morgan fingerprint density at radius 2 is 1.16 bits per heavy atom. The van der Waals surface area contributed by atoms with Crippen LogP contribution in [0.4, 0.5) is 16.5 Å². The highest BCUT2D eigenvalue weighted by molar-refractivity contribution is 8.76. The average Bonchev–Trinajstić information content (AvgIpc) is 3.27. The summed E-state index contributed by atoms with van der Waals surface area (Å²) in [4.78, 5) is 6.54. The van der Waals surface area contributed by atoms with E-state index < -0.39 is 0 Å². The molecule has 0 unspecified atom stereocenters. The van der Waals surface area contributed by atoms with Crippen LogP contribution >= 0.6 is 32.9 Å². The van der Waals surface area contributed by atoms with E-state index in [2.05, 4.69) is 73.8 Å². The number of aromatic nitrogens is 1. The monoisotopic (exact) mass is 558 g/mol. The maximum Gasteiger partial charge on any atom is 0.181 e. The van der Waals surface area contributed by atoms with Crippen molar-refractivity contribution in [1.82, 2.24) is 4.98 Å². The number of hydrogen-bond donors (Lipinski definition) is 4. The minimum absolute atomic E-state index is 0.122. The Labute approximate surface area is 232 Å². The van der Waals surface area contributed by atoms with Crippen LogP contribution in [0.5, 0.6) is 0 Å². The van der Waals surface area contributed by atoms with E-state index in [1.54, 1.807) is 40.0 Å². The molecule has 4 rings (SSSR count). The van der Waals surface area contributed by atoms with Gasteiger partial charge in [-0.15, -0.1) is 0 Å². The van der Waals surface area contributed by atoms with Crippen molar-refractivity contribution in [2.45, 2.75) is 51.3 Å². The zero-order chi connectivity index (χ0) is 27.7. The van der Waals surface area contributed by atoms with Gasteiger partial charge < -0.3 is 27.0 Å². The molecule has 37 heavy (non-hydrogen) atoms. The number of aliphatic hydroxyl groups is 1. The topological polar surface area (TPSA) is 120 Å². The molecule has 0 atom stereocenters. The van der Waals surface area contributed by atoms with Gasteiger partial charge in [-0.25, -0.2) is 4.98 Å². The largest absolute Gasteiger partial charge is 0.398 e. The number of fused-ring (bicyclic) bond motifs is 1. The van der Waals surface area contributed by atoms with E-state index in [1.165, 1.54) is 27.0 Å². The summed E-state index contributed by atoms with van der Waals surface area (Å²) in [7, 11) is 4.93. The number of ether oxygens (including phenoxy) is 1. The number of aryl methyl sites for hydroxylation is 6. The summed E-state index contributed by atoms with van der Waals surface area (Å²) in [5.74, 6) is 0. The molecule has 7 N–H and O–H groups in total. The fourth-order valence-corrected chi connectivity index (χ4v) is 7.06. The highest BCUT2D eigenvalue weighted by atomic mass is 33.1. The van der Waals surface area contributed by atoms with Crippen molar-refractivity contribution in [2.75, 3.05) is 37.5 Å². The van der Waals surface area contributed by atoms with Gasteiger partial charge in [-0.2, -0.15) is 0 Å². The third-order valence-corrected chi connectivity index (χ3v) is 9.45. The number of benzene rings is 3. The molecular formula is C28H38N4O2S3. The molecule has 200 valence electrons. The van der Waals surface area contributed by atoms with Crippen molar-refractivity contribution in [3.05, 3.63) is 69.8 Å². The van der Waals surface area contributed by atoms with Crippen molar-refractivity contribution in [2.24, 2.45) is 0 Å². The quantitative estimate of drug-likeness (QED) is 0.153. The van der Waals surface area contributed by atoms with Gasteiger partial charge in [0.15, 0.2) is 5.13 Å². The third-order valence-electron chi connectivity index (χ3n) is 5.68. The minimum Gasteiger partial charge on any atom is -0.398 e. The molecule has 0 radical (unpaired) electrons. The Kier molecular flexibility index (Phi) is 12.1. The molecule has 0 bridgehead atoms. The Bertz CT molecular complexity index is 1240. The molecule has 1 heterocycles. The molecule has 0 aliphatic heterocycles. The standard InChI is InChI=1S/C16H20N2S2.C9H10N2S.C3H8O2/c1-9-5-7-11(3)15(13(9)17)19-20-16-12(4)8-6-10(2)14(16)18;1-5-3-4-6(2)8-7(5)11-9(10)12-8;1-5-3-2-4/h5-8H,17-18H2,1-4H3;3-4H,1-2H3,(H2,10,11);4H,2-3H2,1H3. The molecule has 1 aromatic heterocycles. The summed E-state index contributed by atoms with van der Waals surface area (Å²) in [5.41, 5.74) is 27.9. The Morgan fingerprint density at radius 1 is 0.730 bits per heavy atom. The number of nitrogen functional groups attached to an aromatic ring is 3. The van der Waals surface area contributed by atoms with Gasteiger partial charge in [-0.3, -0.25) is 0 Å². The van der Waals surface area contributed by atoms with E-state index in [0.717, 1.165) is 37.8 Å². The van der Waals surface area contributed by atoms with Crippen molar-refractivity contribution in [3.63, 3.8) is 0 Å². The van der Waals surface area contributed by atoms with Gasteiger partial charge in [-0.1, -0.05) is 69.3 Å². The van der Waals surface area contributed by atoms with Crippen LogP contribution in [0.25, 0.3) is 10.2 Å². The third kappa shape index (κ3) is 8.28. The summed E-state index contributed by atoms with van der Waals surface area (Å²) >= 11 is 1.56. The number of thiazole rings is 1. The average molecular weight is 559 g/mol. The molecule has 0 saturated carbocycles. The molecule has 0 fully saturated rings. The van der Waals surface area contributed by atoms with Crippen LogP contribution in [-0.4, -0.2) is 30.4 Å². The van der Waals surface area contributed by atoms with Gasteiger partial charge in [0, 0.05) is 28.3 Å². The van der Waals surface area contributed by atoms with Crippen LogP contribution < -0.4 is 17.2 Å². The van der Waals surface area contributed by atoms with Gasteiger partial charge >= 0.3 is 0 Å². The van der Waals surface area contributed by atoms with Crippen LogP contribution in [0.1, 0.15) is 33.4 Å². The predicted molar refractivity (Wildman–Crippen MR) is 165 cm³/mol. The number of rotatable bonds is 5. The number of hydrogen-bond acceptors (Lipinski definition) is 9. The summed E-state index contributed by atoms with van der Waals surface area (Å²) < 4.78 is 5.66. The molecule has 4 aromatic rings. The predicted octanol–water partition coefficient (Wildman–Crippen LogP) is 7.00. The number of nitrogens with zero attached hydrogens (tertiary/aromatic N) is 1. The molecule has 0 amide bonds. The first-order chi connectivity index (χ1) is 17.5. The summed E-state index contributed by atoms with van der Waals surface area (Å²) in [5, 5.41) is 8.60. The molecule has 9 heteroatoms. The molecule has 0 aliphatic carbocycles. The van der Waals surface area contributed by atoms with Crippen molar-refractivity contribution >= 4 is 59.6 Å². The van der Waals surface area contributed by atoms with Crippen LogP contribution in [0, 0.1) is 41.5 Å². The number of nitrogens with two attached hydrogens (primary N) is 3. The second-order valence-electron chi connectivity index (χ2n) is 8.70. The minimum atomic E-state index is 0.122. The molecule has 0 spiro atoms. The maximum atomic E-state index is 7.94. The van der Waals surface area contributed by atoms with Gasteiger partial charge in [0.25, 0.3) is 0 Å². The van der Waals surface area contributed by atoms with Crippen LogP contribution in [0.3, 0.4) is 0 Å². The Balaban J connectivity index is 0.000000238. The Hall–Kier alpha value is -2.43. The first-order valence-corrected chi connectivity index (χ1v) is 14.8. The highest BCUT2D eigenvalue weighted by Crippen LogP contribution is 2.46. The fourth-order valence-electron chi connectivity index (χ4n) is 3.29. The lowest BCUT2D eigenvalue weighted by molar-refractivity contribution is 0.135. The number of methoxy groups -OCH3 is 1. The maximum absolute atomic E-state index is 7.94. The zero-order valence-corrected chi connectivity index (χ0v) is 25.1. The van der Waals surface area contributed by atoms with Crippen molar-refractivity contribution < 1.29 is 9.84 Å². The molecule has 6 nitrogen and oxygen atoms in total. The fraction of sp³-hybridized carbons (Fsp3) is 0.321. The van der Waals surface area contributed by atoms with E-state index in [4.69, 9.17) is 22.3 Å². The highest BCUT2D eigenvalue weighted by Gasteiger charge is 2.12. The normalized spacial score (nSPS) is 10.5. The summed E-state index contributed by atoms with van der Waals surface area (Å²) in [6, 6.07) is 12.5. The van der Waals surface area contributed by atoms with Crippen LogP contribution in [0.2, 0.25) is 0 Å². The second-order valence-corrected chi connectivity index (χ2v) is 11.9. The van der Waals surface area contributed by atoms with Gasteiger partial charge in [0.1, 0.15) is 0 Å². The van der Waals surface area contributed by atoms with Crippen molar-refractivity contribution in [3.8, 4) is 0 Å². The molecular weight excluding hydrogens is 521 g/mol. The van der Waals surface area contributed by atoms with Gasteiger partial charge in [0.05, 0.1) is 23.4 Å². The van der Waals surface area contributed by atoms with E-state index in [1.807, 2.05) is 13.8 Å².